The van der Waals surface area contributed by atoms with Gasteiger partial charge in [0.2, 0.25) is 0 Å². The van der Waals surface area contributed by atoms with E-state index in [2.05, 4.69) is 305 Å². The van der Waals surface area contributed by atoms with E-state index in [9.17, 15) is 0 Å². The van der Waals surface area contributed by atoms with Gasteiger partial charge in [-0.05, 0) is 228 Å². The highest BCUT2D eigenvalue weighted by molar-refractivity contribution is 6.36. The van der Waals surface area contributed by atoms with E-state index >= 15 is 0 Å². The summed E-state index contributed by atoms with van der Waals surface area (Å²) in [6.45, 7) is 38.5. The van der Waals surface area contributed by atoms with E-state index < -0.39 is 0 Å². The summed E-state index contributed by atoms with van der Waals surface area (Å²) in [7, 11) is 0. The fourth-order valence-corrected chi connectivity index (χ4v) is 16.8. The third kappa shape index (κ3) is 7.71. The molecule has 0 saturated heterocycles. The molecule has 0 heterocycles. The van der Waals surface area contributed by atoms with E-state index in [0.717, 1.165) is 6.42 Å². The molecule has 12 aromatic rings. The van der Waals surface area contributed by atoms with Crippen LogP contribution < -0.4 is 0 Å². The molecule has 12 aromatic carbocycles. The zero-order chi connectivity index (χ0) is 62.0. The first-order valence-corrected chi connectivity index (χ1v) is 32.9. The van der Waals surface area contributed by atoms with Crippen molar-refractivity contribution in [1.82, 2.24) is 0 Å². The fraction of sp³-hybridized carbons (Fsp3) is 0.258. The first kappa shape index (κ1) is 55.7. The van der Waals surface area contributed by atoms with Gasteiger partial charge in [0.25, 0.3) is 0 Å². The minimum atomic E-state index is -0.223. The third-order valence-corrected chi connectivity index (χ3v) is 21.9. The van der Waals surface area contributed by atoms with Crippen LogP contribution in [0.15, 0.2) is 194 Å². The van der Waals surface area contributed by atoms with Gasteiger partial charge in [0.15, 0.2) is 0 Å². The maximum Gasteiger partial charge on any atom is 0.0184 e. The molecular weight excluding hydrogens is 1070 g/mol. The highest BCUT2D eigenvalue weighted by Crippen LogP contribution is 2.67. The molecule has 0 aromatic heterocycles. The van der Waals surface area contributed by atoms with Gasteiger partial charge in [0.05, 0.1) is 0 Å². The summed E-state index contributed by atoms with van der Waals surface area (Å²) in [5, 5.41) is 7.88. The Morgan fingerprint density at radius 3 is 0.966 bits per heavy atom. The standard InChI is InChI=1S/C89H82/c1-17-89(16)69-47-53(85(5,6)7)37-39-61(69)75-67(45-55(49-71(75)89)87(11,12)13)77-59-35-27-25-33-57(59)73(51-30-22-19-23-31-51)81-63-41-40-62-78-64(42-43-65(79(63)78)83(77)81)82-76(58-34-26-24-32-56(58)72(80(62)82)50-28-20-18-21-29-50)66-44-54(86(8,9)10)48-70-74(66)60-38-36-52(84(2,3)4)46-68(60)88(70,14)15/h18-49H,17H2,1-16H3. The zero-order valence-electron chi connectivity index (χ0n) is 55.2. The zero-order valence-corrected chi connectivity index (χ0v) is 55.2. The van der Waals surface area contributed by atoms with Crippen LogP contribution in [-0.4, -0.2) is 0 Å². The molecule has 0 saturated carbocycles. The Kier molecular flexibility index (Phi) is 11.6. The van der Waals surface area contributed by atoms with Crippen molar-refractivity contribution in [3.8, 4) is 111 Å². The van der Waals surface area contributed by atoms with Crippen LogP contribution in [0.1, 0.15) is 162 Å². The molecule has 4 aliphatic carbocycles. The minimum Gasteiger partial charge on any atom is -0.0642 e. The molecule has 0 N–H and O–H groups in total. The van der Waals surface area contributed by atoms with Crippen LogP contribution in [0.5, 0.6) is 0 Å². The molecule has 0 radical (unpaired) electrons. The highest BCUT2D eigenvalue weighted by atomic mass is 14.5. The second-order valence-corrected chi connectivity index (χ2v) is 31.6. The van der Waals surface area contributed by atoms with Crippen molar-refractivity contribution in [1.29, 1.82) is 0 Å². The van der Waals surface area contributed by atoms with Gasteiger partial charge < -0.3 is 0 Å². The van der Waals surface area contributed by atoms with Crippen molar-refractivity contribution in [2.45, 2.75) is 150 Å². The second kappa shape index (κ2) is 18.5. The van der Waals surface area contributed by atoms with Crippen LogP contribution in [-0.2, 0) is 32.5 Å². The maximum absolute atomic E-state index is 2.62. The first-order chi connectivity index (χ1) is 42.3. The molecule has 1 unspecified atom stereocenters. The fourth-order valence-electron chi connectivity index (χ4n) is 16.8. The van der Waals surface area contributed by atoms with Crippen LogP contribution in [0.3, 0.4) is 0 Å². The number of hydrogen-bond donors (Lipinski definition) is 0. The van der Waals surface area contributed by atoms with E-state index in [4.69, 9.17) is 0 Å². The lowest BCUT2D eigenvalue weighted by Crippen LogP contribution is -2.22. The van der Waals surface area contributed by atoms with Gasteiger partial charge in [-0.3, -0.25) is 0 Å². The Hall–Kier alpha value is -8.58. The molecule has 0 nitrogen and oxygen atoms in total. The van der Waals surface area contributed by atoms with Gasteiger partial charge in [-0.15, -0.1) is 0 Å². The van der Waals surface area contributed by atoms with E-state index in [0.29, 0.717) is 0 Å². The lowest BCUT2D eigenvalue weighted by molar-refractivity contribution is 0.548. The predicted molar refractivity (Wildman–Crippen MR) is 384 cm³/mol. The van der Waals surface area contributed by atoms with E-state index in [-0.39, 0.29) is 32.5 Å². The molecule has 438 valence electrons. The molecule has 16 rings (SSSR count). The Morgan fingerprint density at radius 1 is 0.258 bits per heavy atom. The highest BCUT2D eigenvalue weighted by Gasteiger charge is 2.45. The molecule has 0 amide bonds. The van der Waals surface area contributed by atoms with Crippen molar-refractivity contribution < 1.29 is 0 Å². The van der Waals surface area contributed by atoms with Crippen LogP contribution in [0.25, 0.3) is 144 Å². The van der Waals surface area contributed by atoms with E-state index in [1.54, 1.807) is 0 Å². The smallest absolute Gasteiger partial charge is 0.0184 e. The van der Waals surface area contributed by atoms with Crippen molar-refractivity contribution in [2.75, 3.05) is 0 Å². The minimum absolute atomic E-state index is 0.0122. The largest absolute Gasteiger partial charge is 0.0642 e. The number of rotatable bonds is 5. The molecule has 89 heavy (non-hydrogen) atoms. The average Bonchev–Trinajstić information content (AvgIpc) is 1.53. The van der Waals surface area contributed by atoms with Gasteiger partial charge in [-0.25, -0.2) is 0 Å². The van der Waals surface area contributed by atoms with Crippen LogP contribution >= 0.6 is 0 Å². The number of fused-ring (bicyclic) bond motifs is 14. The van der Waals surface area contributed by atoms with Gasteiger partial charge in [0.1, 0.15) is 0 Å². The molecule has 0 aliphatic heterocycles. The molecule has 0 heteroatoms. The van der Waals surface area contributed by atoms with E-state index in [1.165, 1.54) is 188 Å². The topological polar surface area (TPSA) is 0 Å². The van der Waals surface area contributed by atoms with Crippen molar-refractivity contribution >= 4 is 32.3 Å². The lowest BCUT2D eigenvalue weighted by atomic mass is 9.73. The maximum atomic E-state index is 2.62. The van der Waals surface area contributed by atoms with Gasteiger partial charge >= 0.3 is 0 Å². The summed E-state index contributed by atoms with van der Waals surface area (Å²) in [4.78, 5) is 0. The number of hydrogen-bond acceptors (Lipinski definition) is 0. The SMILES string of the molecule is CCC1(C)c2cc(C(C)(C)C)ccc2-c2c(-c3c4c(c(-c5ccccc5)c5ccccc35)-c3ccc5c6c(ccc-4c36)-c3c-5c(-c4ccccc4)c4ccccc4c3-c3cc(C(C)(C)C)cc4c3-c3ccc(C(C)(C)C)cc3C4(C)C)cc(C(C)(C)C)cc21. The normalized spacial score (nSPS) is 15.8. The van der Waals surface area contributed by atoms with Crippen molar-refractivity contribution in [2.24, 2.45) is 0 Å². The van der Waals surface area contributed by atoms with Crippen molar-refractivity contribution in [3.05, 3.63) is 239 Å². The average molecular weight is 1150 g/mol. The van der Waals surface area contributed by atoms with E-state index in [1.807, 2.05) is 0 Å². The van der Waals surface area contributed by atoms with Gasteiger partial charge in [-0.2, -0.15) is 0 Å². The molecule has 0 fully saturated rings. The van der Waals surface area contributed by atoms with Crippen LogP contribution in [0.4, 0.5) is 0 Å². The number of benzene rings is 12. The lowest BCUT2D eigenvalue weighted by Gasteiger charge is -2.30. The summed E-state index contributed by atoms with van der Waals surface area (Å²) in [6, 6.07) is 77.0. The van der Waals surface area contributed by atoms with Crippen LogP contribution in [0, 0.1) is 0 Å². The molecule has 0 spiro atoms. The van der Waals surface area contributed by atoms with Gasteiger partial charge in [0, 0.05) is 10.8 Å². The Morgan fingerprint density at radius 2 is 0.573 bits per heavy atom. The molecular formula is C89H82. The molecule has 4 aliphatic rings. The molecule has 0 bridgehead atoms. The Balaban J connectivity index is 1.07. The monoisotopic (exact) mass is 1150 g/mol. The Labute approximate surface area is 528 Å². The van der Waals surface area contributed by atoms with Gasteiger partial charge in [-0.1, -0.05) is 293 Å². The summed E-state index contributed by atoms with van der Waals surface area (Å²) >= 11 is 0. The molecule has 1 atom stereocenters. The second-order valence-electron chi connectivity index (χ2n) is 31.6. The summed E-state index contributed by atoms with van der Waals surface area (Å²) in [5.41, 5.74) is 37.3. The summed E-state index contributed by atoms with van der Waals surface area (Å²) in [5.74, 6) is 0. The summed E-state index contributed by atoms with van der Waals surface area (Å²) < 4.78 is 0. The first-order valence-electron chi connectivity index (χ1n) is 32.9. The Bertz CT molecular complexity index is 5080. The van der Waals surface area contributed by atoms with Crippen molar-refractivity contribution in [3.63, 3.8) is 0 Å². The van der Waals surface area contributed by atoms with Crippen LogP contribution in [0.2, 0.25) is 0 Å². The quantitative estimate of drug-likeness (QED) is 0.161. The third-order valence-electron chi connectivity index (χ3n) is 21.9. The summed E-state index contributed by atoms with van der Waals surface area (Å²) in [6.07, 6.45) is 1.00. The predicted octanol–water partition coefficient (Wildman–Crippen LogP) is 25.3.